The van der Waals surface area contributed by atoms with Gasteiger partial charge in [-0.2, -0.15) is 0 Å². The van der Waals surface area contributed by atoms with Crippen LogP contribution < -0.4 is 5.32 Å². The Labute approximate surface area is 121 Å². The van der Waals surface area contributed by atoms with Gasteiger partial charge in [0.15, 0.2) is 5.78 Å². The maximum atomic E-state index is 12.4. The number of nitrogens with one attached hydrogen (secondary N) is 1. The second kappa shape index (κ2) is 5.40. The second-order valence-corrected chi connectivity index (χ2v) is 5.70. The Morgan fingerprint density at radius 2 is 2.22 bits per heavy atom. The number of aromatic nitrogens is 1. The Hall–Kier alpha value is -0.880. The fourth-order valence-corrected chi connectivity index (χ4v) is 2.68. The fourth-order valence-electron chi connectivity index (χ4n) is 2.19. The first-order valence-corrected chi connectivity index (χ1v) is 7.14. The minimum Gasteiger partial charge on any atom is -0.350 e. The van der Waals surface area contributed by atoms with Crippen molar-refractivity contribution in [3.05, 3.63) is 33.5 Å². The van der Waals surface area contributed by atoms with Crippen LogP contribution in [0.1, 0.15) is 24.2 Å². The minimum atomic E-state index is -0.140. The van der Waals surface area contributed by atoms with Crippen LogP contribution in [0.3, 0.4) is 0 Å². The number of hydrogen-bond donors (Lipinski definition) is 1. The molecule has 0 amide bonds. The number of fused-ring (bicyclic) bond motifs is 1. The summed E-state index contributed by atoms with van der Waals surface area (Å²) in [5.74, 6) is 0.157. The molecule has 0 saturated heterocycles. The molecule has 18 heavy (non-hydrogen) atoms. The summed E-state index contributed by atoms with van der Waals surface area (Å²) in [6.45, 7) is 4.73. The van der Waals surface area contributed by atoms with Gasteiger partial charge in [0, 0.05) is 33.3 Å². The molecule has 3 nitrogen and oxygen atoms in total. The number of nitrogens with zero attached hydrogens (tertiary/aromatic N) is 1. The molecule has 0 aliphatic rings. The van der Waals surface area contributed by atoms with E-state index in [-0.39, 0.29) is 11.8 Å². The van der Waals surface area contributed by atoms with E-state index >= 15 is 0 Å². The zero-order valence-electron chi connectivity index (χ0n) is 10.8. The van der Waals surface area contributed by atoms with Gasteiger partial charge < -0.3 is 9.88 Å². The Balaban J connectivity index is 2.51. The molecule has 0 aliphatic heterocycles. The van der Waals surface area contributed by atoms with Gasteiger partial charge in [-0.25, -0.2) is 0 Å². The Morgan fingerprint density at radius 1 is 1.50 bits per heavy atom. The van der Waals surface area contributed by atoms with E-state index in [4.69, 9.17) is 0 Å². The van der Waals surface area contributed by atoms with Crippen molar-refractivity contribution >= 4 is 39.3 Å². The third-order valence-corrected chi connectivity index (χ3v) is 3.79. The van der Waals surface area contributed by atoms with Crippen molar-refractivity contribution in [1.29, 1.82) is 0 Å². The Bertz CT molecular complexity index is 589. The van der Waals surface area contributed by atoms with Crippen molar-refractivity contribution in [3.8, 4) is 0 Å². The number of carbonyl (C=O) groups excluding carboxylic acids is 1. The lowest BCUT2D eigenvalue weighted by atomic mass is 10.0. The first-order valence-electron chi connectivity index (χ1n) is 6.06. The maximum absolute atomic E-state index is 12.4. The smallest absolute Gasteiger partial charge is 0.181 e. The van der Waals surface area contributed by atoms with E-state index in [0.717, 1.165) is 26.6 Å². The number of halogens is 1. The molecular formula is C14H17IN2O. The Kier molecular flexibility index (Phi) is 4.07. The maximum Gasteiger partial charge on any atom is 0.181 e. The Morgan fingerprint density at radius 3 is 2.89 bits per heavy atom. The quantitative estimate of drug-likeness (QED) is 0.675. The highest BCUT2D eigenvalue weighted by Gasteiger charge is 2.19. The molecule has 1 unspecified atom stereocenters. The molecule has 96 valence electrons. The summed E-state index contributed by atoms with van der Waals surface area (Å²) in [5, 5.41) is 4.21. The molecular weight excluding hydrogens is 339 g/mol. The number of rotatable bonds is 4. The molecule has 0 saturated carbocycles. The molecule has 1 N–H and O–H groups in total. The number of Topliss-reactive ketones (excluding diaryl/α,β-unsaturated/α-hetero) is 1. The van der Waals surface area contributed by atoms with Crippen LogP contribution in [0.2, 0.25) is 0 Å². The van der Waals surface area contributed by atoms with E-state index in [1.807, 2.05) is 31.7 Å². The number of likely N-dealkylation sites (N-methyl/N-ethyl adjacent to an activating group) is 1. The largest absolute Gasteiger partial charge is 0.350 e. The molecule has 0 spiro atoms. The predicted molar refractivity (Wildman–Crippen MR) is 83.1 cm³/mol. The number of aryl methyl sites for hydroxylation is 1. The molecule has 2 rings (SSSR count). The molecule has 0 aliphatic carbocycles. The standard InChI is InChI=1S/C14H17IN2O/c1-4-16-9(2)14(18)12-8-17(3)13-6-5-10(15)7-11(12)13/h5-9,16H,4H2,1-3H3. The minimum absolute atomic E-state index is 0.140. The van der Waals surface area contributed by atoms with Crippen LogP contribution in [-0.4, -0.2) is 22.9 Å². The summed E-state index contributed by atoms with van der Waals surface area (Å²) in [6, 6.07) is 6.05. The van der Waals surface area contributed by atoms with Gasteiger partial charge in [-0.1, -0.05) is 6.92 Å². The van der Waals surface area contributed by atoms with Gasteiger partial charge >= 0.3 is 0 Å². The summed E-state index contributed by atoms with van der Waals surface area (Å²) < 4.78 is 3.16. The summed E-state index contributed by atoms with van der Waals surface area (Å²) in [6.07, 6.45) is 1.93. The van der Waals surface area contributed by atoms with E-state index in [2.05, 4.69) is 46.1 Å². The molecule has 0 bridgehead atoms. The highest BCUT2D eigenvalue weighted by atomic mass is 127. The number of benzene rings is 1. The van der Waals surface area contributed by atoms with Gasteiger partial charge in [0.1, 0.15) is 0 Å². The van der Waals surface area contributed by atoms with Crippen LogP contribution in [0.5, 0.6) is 0 Å². The predicted octanol–water partition coefficient (Wildman–Crippen LogP) is 2.96. The first kappa shape index (κ1) is 13.5. The van der Waals surface area contributed by atoms with E-state index in [1.165, 1.54) is 0 Å². The number of hydrogen-bond acceptors (Lipinski definition) is 2. The molecule has 2 aromatic rings. The lowest BCUT2D eigenvalue weighted by molar-refractivity contribution is 0.0953. The van der Waals surface area contributed by atoms with Gasteiger partial charge in [-0.15, -0.1) is 0 Å². The summed E-state index contributed by atoms with van der Waals surface area (Å²) in [5.41, 5.74) is 1.90. The zero-order valence-corrected chi connectivity index (χ0v) is 13.0. The highest BCUT2D eigenvalue weighted by Crippen LogP contribution is 2.24. The van der Waals surface area contributed by atoms with Crippen LogP contribution in [0.4, 0.5) is 0 Å². The van der Waals surface area contributed by atoms with Gasteiger partial charge in [0.05, 0.1) is 6.04 Å². The van der Waals surface area contributed by atoms with Crippen LogP contribution in [0, 0.1) is 3.57 Å². The normalized spacial score (nSPS) is 12.9. The lowest BCUT2D eigenvalue weighted by Gasteiger charge is -2.10. The zero-order chi connectivity index (χ0) is 13.3. The lowest BCUT2D eigenvalue weighted by Crippen LogP contribution is -2.33. The van der Waals surface area contributed by atoms with Crippen molar-refractivity contribution < 1.29 is 4.79 Å². The summed E-state index contributed by atoms with van der Waals surface area (Å²) in [4.78, 5) is 12.4. The van der Waals surface area contributed by atoms with Crippen LogP contribution in [0.15, 0.2) is 24.4 Å². The SMILES string of the molecule is CCNC(C)C(=O)c1cn(C)c2ccc(I)cc12. The average molecular weight is 356 g/mol. The fraction of sp³-hybridized carbons (Fsp3) is 0.357. The van der Waals surface area contributed by atoms with E-state index in [0.29, 0.717) is 0 Å². The van der Waals surface area contributed by atoms with Crippen molar-refractivity contribution in [3.63, 3.8) is 0 Å². The van der Waals surface area contributed by atoms with Crippen molar-refractivity contribution in [1.82, 2.24) is 9.88 Å². The molecule has 1 heterocycles. The van der Waals surface area contributed by atoms with E-state index in [1.54, 1.807) is 0 Å². The molecule has 1 aromatic heterocycles. The summed E-state index contributed by atoms with van der Waals surface area (Å²) >= 11 is 2.28. The van der Waals surface area contributed by atoms with Crippen LogP contribution >= 0.6 is 22.6 Å². The number of carbonyl (C=O) groups is 1. The second-order valence-electron chi connectivity index (χ2n) is 4.46. The van der Waals surface area contributed by atoms with Crippen molar-refractivity contribution in [2.24, 2.45) is 7.05 Å². The molecule has 1 atom stereocenters. The third-order valence-electron chi connectivity index (χ3n) is 3.12. The van der Waals surface area contributed by atoms with Crippen molar-refractivity contribution in [2.45, 2.75) is 19.9 Å². The van der Waals surface area contributed by atoms with Crippen LogP contribution in [-0.2, 0) is 7.05 Å². The first-order chi connectivity index (χ1) is 8.54. The topological polar surface area (TPSA) is 34.0 Å². The van der Waals surface area contributed by atoms with Gasteiger partial charge in [0.25, 0.3) is 0 Å². The monoisotopic (exact) mass is 356 g/mol. The molecule has 0 fully saturated rings. The van der Waals surface area contributed by atoms with E-state index in [9.17, 15) is 4.79 Å². The van der Waals surface area contributed by atoms with Crippen molar-refractivity contribution in [2.75, 3.05) is 6.54 Å². The van der Waals surface area contributed by atoms with Gasteiger partial charge in [-0.3, -0.25) is 4.79 Å². The molecule has 4 heteroatoms. The summed E-state index contributed by atoms with van der Waals surface area (Å²) in [7, 11) is 1.98. The highest BCUT2D eigenvalue weighted by molar-refractivity contribution is 14.1. The van der Waals surface area contributed by atoms with Crippen LogP contribution in [0.25, 0.3) is 10.9 Å². The number of ketones is 1. The van der Waals surface area contributed by atoms with Gasteiger partial charge in [-0.05, 0) is 54.3 Å². The average Bonchev–Trinajstić information content (AvgIpc) is 2.65. The van der Waals surface area contributed by atoms with E-state index < -0.39 is 0 Å². The third kappa shape index (κ3) is 2.44. The molecule has 0 radical (unpaired) electrons. The molecule has 1 aromatic carbocycles. The van der Waals surface area contributed by atoms with Gasteiger partial charge in [0.2, 0.25) is 0 Å².